The number of aromatic nitrogens is 4. The maximum absolute atomic E-state index is 13.9. The molecule has 4 aromatic heterocycles. The molecule has 4 amide bonds. The summed E-state index contributed by atoms with van der Waals surface area (Å²) >= 11 is 0. The largest absolute Gasteiger partial charge is 0.374 e. The van der Waals surface area contributed by atoms with Crippen LogP contribution in [0.4, 0.5) is 0 Å². The number of rotatable bonds is 7. The Bertz CT molecular complexity index is 4880. The molecule has 8 atom stereocenters. The molecule has 0 saturated carbocycles. The van der Waals surface area contributed by atoms with E-state index in [0.717, 1.165) is 109 Å². The molecule has 16 nitrogen and oxygen atoms in total. The summed E-state index contributed by atoms with van der Waals surface area (Å²) in [6.07, 6.45) is -2.62. The number of hydrogen-bond donors (Lipinski definition) is 2. The van der Waals surface area contributed by atoms with Gasteiger partial charge in [0, 0.05) is 182 Å². The summed E-state index contributed by atoms with van der Waals surface area (Å²) in [5.41, 5.74) is 10.9. The lowest BCUT2D eigenvalue weighted by molar-refractivity contribution is -0.264. The van der Waals surface area contributed by atoms with Crippen molar-refractivity contribution < 1.29 is 38.1 Å². The number of carbonyl (C=O) groups is 4. The number of amides is 4. The number of carbonyl (C=O) groups excluding carboxylic acids is 4. The minimum atomic E-state index is -0.980. The number of benzene rings is 8. The fourth-order valence-electron chi connectivity index (χ4n) is 16.7. The number of likely N-dealkylation sites (N-methyl/N-ethyl adjacent to an activating group) is 2. The lowest BCUT2D eigenvalue weighted by Crippen LogP contribution is -2.61. The van der Waals surface area contributed by atoms with Crippen LogP contribution in [0.1, 0.15) is 91.7 Å². The van der Waals surface area contributed by atoms with E-state index in [1.807, 2.05) is 133 Å². The van der Waals surface area contributed by atoms with E-state index in [1.54, 1.807) is 14.2 Å². The van der Waals surface area contributed by atoms with Gasteiger partial charge in [0.05, 0.1) is 67.3 Å². The first-order valence-corrected chi connectivity index (χ1v) is 32.2. The normalized spacial score (nSPS) is 22.4. The minimum absolute atomic E-state index is 0.0446. The van der Waals surface area contributed by atoms with Crippen molar-refractivity contribution in [2.45, 2.75) is 88.0 Å². The van der Waals surface area contributed by atoms with Gasteiger partial charge in [-0.1, -0.05) is 109 Å². The summed E-state index contributed by atoms with van der Waals surface area (Å²) < 4.78 is 36.3. The third-order valence-corrected chi connectivity index (χ3v) is 20.5. The third-order valence-electron chi connectivity index (χ3n) is 20.5. The average Bonchev–Trinajstić information content (AvgIpc) is 1.51. The molecule has 18 rings (SSSR count). The Morgan fingerprint density at radius 2 is 0.792 bits per heavy atom. The fourth-order valence-corrected chi connectivity index (χ4v) is 16.7. The zero-order valence-corrected chi connectivity index (χ0v) is 54.0. The van der Waals surface area contributed by atoms with Crippen molar-refractivity contribution in [3.05, 3.63) is 191 Å². The van der Waals surface area contributed by atoms with Crippen molar-refractivity contribution in [2.24, 2.45) is 0 Å². The Labute approximate surface area is 565 Å². The van der Waals surface area contributed by atoms with Crippen LogP contribution in [0.5, 0.6) is 0 Å². The van der Waals surface area contributed by atoms with Crippen LogP contribution >= 0.6 is 0 Å². The zero-order chi connectivity index (χ0) is 67.1. The van der Waals surface area contributed by atoms with E-state index < -0.39 is 55.3 Å². The van der Waals surface area contributed by atoms with Gasteiger partial charge in [0.25, 0.3) is 23.6 Å². The quantitative estimate of drug-likeness (QED) is 0.152. The molecule has 0 spiro atoms. The molecule has 458 valence electrons. The Kier molecular flexibility index (Phi) is 15.8. The highest BCUT2D eigenvalue weighted by molar-refractivity contribution is 7.76. The molecule has 10 heterocycles. The van der Waals surface area contributed by atoms with Crippen molar-refractivity contribution >= 4 is 184 Å². The highest BCUT2D eigenvalue weighted by atomic mass is 16.6. The summed E-state index contributed by atoms with van der Waals surface area (Å²) in [4.78, 5) is 58.5. The van der Waals surface area contributed by atoms with E-state index in [1.165, 1.54) is 0 Å². The molecule has 2 saturated heterocycles. The first kappa shape index (κ1) is 63.4. The van der Waals surface area contributed by atoms with Gasteiger partial charge in [-0.25, -0.2) is 0 Å². The van der Waals surface area contributed by atoms with Crippen molar-refractivity contribution in [1.29, 1.82) is 0 Å². The van der Waals surface area contributed by atoms with Gasteiger partial charge in [0.1, 0.15) is 24.7 Å². The molecule has 26 heteroatoms. The van der Waals surface area contributed by atoms with Crippen molar-refractivity contribution in [1.82, 2.24) is 38.7 Å². The molecule has 2 N–H and O–H groups in total. The van der Waals surface area contributed by atoms with Gasteiger partial charge in [-0.3, -0.25) is 19.2 Å². The SMILES string of the molecule is CO[C@@H]1[C@H](N(C)C(=O)c2ccccc2)C[C@H]2O[C@]1(C)n1c3ccccc3c3c4c(c5c6ccccc6n2c5c31)C(=O)NC4.CO[C@@H]1[C@H](N(C)C(=O)c2ccccc2)C[C@H]2O[C@]1(C)n1c3ccccc3c3c4c(c5c6ccccc6n2c5c31)C(=O)NC4.[B]B([B])B([B])[B].[B]B([B])[B]. The fraction of sp³-hybridized carbons (Fsp3) is 0.257. The molecule has 6 aliphatic rings. The molecular weight excluding hydrogens is 1190 g/mol. The van der Waals surface area contributed by atoms with Gasteiger partial charge < -0.3 is 57.6 Å². The Morgan fingerprint density at radius 1 is 0.479 bits per heavy atom. The van der Waals surface area contributed by atoms with Crippen LogP contribution < -0.4 is 10.6 Å². The van der Waals surface area contributed by atoms with Crippen molar-refractivity contribution in [2.75, 3.05) is 28.3 Å². The molecule has 96 heavy (non-hydrogen) atoms. The molecular formula is C70H60B10N8O8. The number of hydrogen-bond acceptors (Lipinski definition) is 8. The van der Waals surface area contributed by atoms with E-state index >= 15 is 0 Å². The number of para-hydroxylation sites is 4. The van der Waals surface area contributed by atoms with E-state index in [4.69, 9.17) is 49.9 Å². The summed E-state index contributed by atoms with van der Waals surface area (Å²) in [7, 11) is 41.0. The summed E-state index contributed by atoms with van der Waals surface area (Å²) in [6, 6.07) is 51.4. The van der Waals surface area contributed by atoms with Crippen LogP contribution in [0.25, 0.3) is 87.2 Å². The second-order valence-electron chi connectivity index (χ2n) is 25.9. The molecule has 6 aliphatic heterocycles. The standard InChI is InChI=1S/2C35H30N4O4.B6.B4/c2*1-35-32(42-3)25(37(2)34(41)19-11-5-4-6-12-19)17-26(43-35)38-23-15-9-7-13-20(23)28-29-22(18-36-33(29)40)27-21-14-8-10-16-24(21)39(35)31(27)30(28)38;1-5(2)6(3)4;1-4(2)3/h2*4-16,25-26,32H,17-18H2,1-3H3,(H,36,40);;/t2*25-,26-,32-,35+;;/m11../s1. The summed E-state index contributed by atoms with van der Waals surface area (Å²) in [6.45, 7) is 5.12. The summed E-state index contributed by atoms with van der Waals surface area (Å²) in [5, 5.41) is 14.5. The predicted molar refractivity (Wildman–Crippen MR) is 388 cm³/mol. The zero-order valence-electron chi connectivity index (χ0n) is 54.0. The highest BCUT2D eigenvalue weighted by Crippen LogP contribution is 2.57. The number of nitrogens with zero attached hydrogens (tertiary/aromatic N) is 6. The smallest absolute Gasteiger partial charge is 0.253 e. The predicted octanol–water partition coefficient (Wildman–Crippen LogP) is 8.01. The first-order chi connectivity index (χ1) is 46.2. The van der Waals surface area contributed by atoms with Gasteiger partial charge in [-0.2, -0.15) is 0 Å². The Balaban J connectivity index is 0.000000138. The van der Waals surface area contributed by atoms with E-state index in [9.17, 15) is 19.2 Å². The van der Waals surface area contributed by atoms with Crippen LogP contribution in [0.3, 0.4) is 0 Å². The van der Waals surface area contributed by atoms with Crippen molar-refractivity contribution in [3.63, 3.8) is 0 Å². The van der Waals surface area contributed by atoms with Gasteiger partial charge in [-0.05, 0) is 73.5 Å². The van der Waals surface area contributed by atoms with E-state index in [-0.39, 0.29) is 35.7 Å². The Hall–Kier alpha value is -8.67. The molecule has 4 bridgehead atoms. The molecule has 8 aromatic carbocycles. The highest BCUT2D eigenvalue weighted by Gasteiger charge is 2.57. The van der Waals surface area contributed by atoms with Crippen LogP contribution in [-0.4, -0.2) is 178 Å². The molecule has 12 aromatic rings. The van der Waals surface area contributed by atoms with Gasteiger partial charge in [0.15, 0.2) is 11.4 Å². The van der Waals surface area contributed by atoms with Crippen LogP contribution in [0.2, 0.25) is 0 Å². The van der Waals surface area contributed by atoms with Crippen LogP contribution in [-0.2, 0) is 43.5 Å². The summed E-state index contributed by atoms with van der Waals surface area (Å²) in [5.74, 6) is -0.213. The molecule has 0 unspecified atom stereocenters. The monoisotopic (exact) mass is 1250 g/mol. The van der Waals surface area contributed by atoms with Crippen LogP contribution in [0, 0.1) is 0 Å². The lowest BCUT2D eigenvalue weighted by Gasteiger charge is -2.50. The Morgan fingerprint density at radius 3 is 1.12 bits per heavy atom. The van der Waals surface area contributed by atoms with E-state index in [0.29, 0.717) is 37.1 Å². The first-order valence-electron chi connectivity index (χ1n) is 32.2. The maximum atomic E-state index is 13.9. The number of ether oxygens (including phenoxy) is 4. The molecule has 14 radical (unpaired) electrons. The minimum Gasteiger partial charge on any atom is -0.374 e. The van der Waals surface area contributed by atoms with Crippen molar-refractivity contribution in [3.8, 4) is 0 Å². The number of methoxy groups -OCH3 is 2. The second kappa shape index (κ2) is 23.9. The number of nitrogens with one attached hydrogen (secondary N) is 2. The van der Waals surface area contributed by atoms with E-state index in [2.05, 4.69) is 114 Å². The third kappa shape index (κ3) is 9.31. The van der Waals surface area contributed by atoms with Gasteiger partial charge in [0.2, 0.25) is 0 Å². The molecule has 2 fully saturated rings. The molecule has 0 aliphatic carbocycles. The lowest BCUT2D eigenvalue weighted by atomic mass is 8.81. The van der Waals surface area contributed by atoms with Crippen LogP contribution in [0.15, 0.2) is 158 Å². The second-order valence-corrected chi connectivity index (χ2v) is 25.9. The topological polar surface area (TPSA) is 155 Å². The van der Waals surface area contributed by atoms with Gasteiger partial charge in [-0.15, -0.1) is 0 Å². The maximum Gasteiger partial charge on any atom is 0.253 e. The number of fused-ring (bicyclic) bond motifs is 26. The van der Waals surface area contributed by atoms with Gasteiger partial charge >= 0.3 is 0 Å². The average molecular weight is 1250 g/mol.